The van der Waals surface area contributed by atoms with Crippen LogP contribution >= 0.6 is 35.6 Å². The minimum Gasteiger partial charge on any atom is -0.354 e. The maximum absolute atomic E-state index is 5.77. The first-order valence-electron chi connectivity index (χ1n) is 7.73. The fourth-order valence-electron chi connectivity index (χ4n) is 2.07. The summed E-state index contributed by atoms with van der Waals surface area (Å²) in [6.45, 7) is 5.12. The fraction of sp³-hybridized carbons (Fsp3) is 0.625. The Morgan fingerprint density at radius 1 is 1.32 bits per heavy atom. The van der Waals surface area contributed by atoms with E-state index in [2.05, 4.69) is 34.5 Å². The van der Waals surface area contributed by atoms with Gasteiger partial charge in [-0.05, 0) is 25.0 Å². The molecular formula is C16H28ClIN4. The molecule has 0 saturated carbocycles. The van der Waals surface area contributed by atoms with Gasteiger partial charge in [0.15, 0.2) is 5.96 Å². The Morgan fingerprint density at radius 2 is 2.09 bits per heavy atom. The molecule has 1 aromatic heterocycles. The molecule has 126 valence electrons. The van der Waals surface area contributed by atoms with Gasteiger partial charge in [0.05, 0.1) is 0 Å². The van der Waals surface area contributed by atoms with Crippen molar-refractivity contribution in [2.75, 3.05) is 7.05 Å². The predicted octanol–water partition coefficient (Wildman–Crippen LogP) is 4.38. The highest BCUT2D eigenvalue weighted by atomic mass is 127. The molecule has 0 radical (unpaired) electrons. The van der Waals surface area contributed by atoms with Crippen LogP contribution in [-0.4, -0.2) is 24.0 Å². The van der Waals surface area contributed by atoms with E-state index >= 15 is 0 Å². The van der Waals surface area contributed by atoms with Crippen molar-refractivity contribution >= 4 is 41.5 Å². The Kier molecular flexibility index (Phi) is 12.6. The van der Waals surface area contributed by atoms with Gasteiger partial charge in [0, 0.05) is 25.8 Å². The summed E-state index contributed by atoms with van der Waals surface area (Å²) in [7, 11) is 1.79. The van der Waals surface area contributed by atoms with Crippen LogP contribution in [-0.2, 0) is 6.54 Å². The lowest BCUT2D eigenvalue weighted by atomic mass is 10.1. The van der Waals surface area contributed by atoms with E-state index in [1.165, 1.54) is 32.1 Å². The van der Waals surface area contributed by atoms with E-state index in [1.807, 2.05) is 6.07 Å². The lowest BCUT2D eigenvalue weighted by Gasteiger charge is -2.18. The van der Waals surface area contributed by atoms with Gasteiger partial charge >= 0.3 is 0 Å². The first-order chi connectivity index (χ1) is 10.2. The average molecular weight is 439 g/mol. The molecule has 0 bridgehead atoms. The number of hydrogen-bond acceptors (Lipinski definition) is 2. The number of guanidine groups is 1. The van der Waals surface area contributed by atoms with Crippen LogP contribution in [0, 0.1) is 0 Å². The second-order valence-electron chi connectivity index (χ2n) is 5.31. The molecule has 2 N–H and O–H groups in total. The first kappa shape index (κ1) is 21.4. The van der Waals surface area contributed by atoms with Crippen LogP contribution < -0.4 is 10.6 Å². The van der Waals surface area contributed by atoms with Crippen molar-refractivity contribution in [2.45, 2.75) is 58.5 Å². The minimum atomic E-state index is 0. The summed E-state index contributed by atoms with van der Waals surface area (Å²) in [4.78, 5) is 8.32. The highest BCUT2D eigenvalue weighted by molar-refractivity contribution is 14.0. The van der Waals surface area contributed by atoms with E-state index in [-0.39, 0.29) is 24.0 Å². The molecule has 0 aliphatic heterocycles. The zero-order valence-corrected chi connectivity index (χ0v) is 16.8. The van der Waals surface area contributed by atoms with Crippen molar-refractivity contribution in [2.24, 2.45) is 4.99 Å². The average Bonchev–Trinajstić information content (AvgIpc) is 2.49. The summed E-state index contributed by atoms with van der Waals surface area (Å²) in [5.74, 6) is 0.827. The number of unbranched alkanes of at least 4 members (excludes halogenated alkanes) is 3. The summed E-state index contributed by atoms with van der Waals surface area (Å²) in [5.41, 5.74) is 1.08. The molecular weight excluding hydrogens is 411 g/mol. The number of halogens is 2. The zero-order valence-electron chi connectivity index (χ0n) is 13.7. The maximum Gasteiger partial charge on any atom is 0.191 e. The van der Waals surface area contributed by atoms with Crippen LogP contribution in [0.3, 0.4) is 0 Å². The maximum atomic E-state index is 5.77. The summed E-state index contributed by atoms with van der Waals surface area (Å²) in [6.07, 6.45) is 8.12. The van der Waals surface area contributed by atoms with Crippen molar-refractivity contribution in [3.63, 3.8) is 0 Å². The van der Waals surface area contributed by atoms with Crippen LogP contribution in [0.15, 0.2) is 23.3 Å². The quantitative estimate of drug-likeness (QED) is 0.208. The molecule has 0 amide bonds. The molecule has 0 aliphatic carbocycles. The van der Waals surface area contributed by atoms with Gasteiger partial charge in [-0.1, -0.05) is 50.3 Å². The van der Waals surface area contributed by atoms with Gasteiger partial charge in [-0.15, -0.1) is 24.0 Å². The van der Waals surface area contributed by atoms with Crippen LogP contribution in [0.25, 0.3) is 0 Å². The molecule has 1 unspecified atom stereocenters. The predicted molar refractivity (Wildman–Crippen MR) is 106 cm³/mol. The van der Waals surface area contributed by atoms with Crippen molar-refractivity contribution in [3.8, 4) is 0 Å². The van der Waals surface area contributed by atoms with Gasteiger partial charge in [-0.3, -0.25) is 4.99 Å². The van der Waals surface area contributed by atoms with Crippen molar-refractivity contribution in [3.05, 3.63) is 29.0 Å². The Hall–Kier alpha value is -0.560. The molecule has 1 heterocycles. The smallest absolute Gasteiger partial charge is 0.191 e. The summed E-state index contributed by atoms with van der Waals surface area (Å²) < 4.78 is 0. The third-order valence-electron chi connectivity index (χ3n) is 3.35. The standard InChI is InChI=1S/C16H27ClN4.HI/c1-4-5-6-7-8-13(2)21-16(18-3)20-12-14-9-10-15(17)19-11-14;/h9-11,13H,4-8,12H2,1-3H3,(H2,18,20,21);1H. The van der Waals surface area contributed by atoms with E-state index in [1.54, 1.807) is 19.3 Å². The molecule has 4 nitrogen and oxygen atoms in total. The molecule has 0 spiro atoms. The molecule has 0 saturated heterocycles. The van der Waals surface area contributed by atoms with E-state index in [0.717, 1.165) is 11.5 Å². The van der Waals surface area contributed by atoms with Crippen molar-refractivity contribution in [1.82, 2.24) is 15.6 Å². The van der Waals surface area contributed by atoms with Crippen LogP contribution in [0.2, 0.25) is 5.15 Å². The van der Waals surface area contributed by atoms with Gasteiger partial charge in [0.1, 0.15) is 5.15 Å². The molecule has 0 fully saturated rings. The lowest BCUT2D eigenvalue weighted by Crippen LogP contribution is -2.41. The van der Waals surface area contributed by atoms with E-state index < -0.39 is 0 Å². The van der Waals surface area contributed by atoms with Crippen molar-refractivity contribution in [1.29, 1.82) is 0 Å². The van der Waals surface area contributed by atoms with E-state index in [9.17, 15) is 0 Å². The van der Waals surface area contributed by atoms with Crippen LogP contribution in [0.5, 0.6) is 0 Å². The number of pyridine rings is 1. The molecule has 1 aromatic rings. The van der Waals surface area contributed by atoms with Gasteiger partial charge in [0.2, 0.25) is 0 Å². The fourth-order valence-corrected chi connectivity index (χ4v) is 2.19. The van der Waals surface area contributed by atoms with Gasteiger partial charge < -0.3 is 10.6 Å². The number of hydrogen-bond donors (Lipinski definition) is 2. The summed E-state index contributed by atoms with van der Waals surface area (Å²) in [6, 6.07) is 4.19. The number of nitrogens with one attached hydrogen (secondary N) is 2. The molecule has 22 heavy (non-hydrogen) atoms. The monoisotopic (exact) mass is 438 g/mol. The highest BCUT2D eigenvalue weighted by Crippen LogP contribution is 2.06. The minimum absolute atomic E-state index is 0. The Morgan fingerprint density at radius 3 is 2.68 bits per heavy atom. The lowest BCUT2D eigenvalue weighted by molar-refractivity contribution is 0.537. The van der Waals surface area contributed by atoms with Gasteiger partial charge in [-0.25, -0.2) is 4.98 Å². The molecule has 1 rings (SSSR count). The second-order valence-corrected chi connectivity index (χ2v) is 5.70. The normalized spacial score (nSPS) is 12.5. The first-order valence-corrected chi connectivity index (χ1v) is 8.11. The van der Waals surface area contributed by atoms with Gasteiger partial charge in [-0.2, -0.15) is 0 Å². The molecule has 1 atom stereocenters. The molecule has 6 heteroatoms. The van der Waals surface area contributed by atoms with Crippen LogP contribution in [0.1, 0.15) is 51.5 Å². The Balaban J connectivity index is 0.00000441. The molecule has 0 aromatic carbocycles. The second kappa shape index (κ2) is 12.9. The zero-order chi connectivity index (χ0) is 15.5. The Labute approximate surface area is 156 Å². The summed E-state index contributed by atoms with van der Waals surface area (Å²) >= 11 is 5.77. The van der Waals surface area contributed by atoms with Gasteiger partial charge in [0.25, 0.3) is 0 Å². The summed E-state index contributed by atoms with van der Waals surface area (Å²) in [5, 5.41) is 7.23. The number of aliphatic imine (C=N–C) groups is 1. The van der Waals surface area contributed by atoms with E-state index in [0.29, 0.717) is 17.7 Å². The van der Waals surface area contributed by atoms with E-state index in [4.69, 9.17) is 11.6 Å². The topological polar surface area (TPSA) is 49.3 Å². The van der Waals surface area contributed by atoms with Crippen molar-refractivity contribution < 1.29 is 0 Å². The number of rotatable bonds is 8. The number of aromatic nitrogens is 1. The number of nitrogens with zero attached hydrogens (tertiary/aromatic N) is 2. The van der Waals surface area contributed by atoms with Crippen LogP contribution in [0.4, 0.5) is 0 Å². The molecule has 0 aliphatic rings. The SMILES string of the molecule is CCCCCCC(C)NC(=NC)NCc1ccc(Cl)nc1.I. The third-order valence-corrected chi connectivity index (χ3v) is 3.57. The Bertz CT molecular complexity index is 423. The third kappa shape index (κ3) is 9.46. The highest BCUT2D eigenvalue weighted by Gasteiger charge is 2.05. The largest absolute Gasteiger partial charge is 0.354 e.